The van der Waals surface area contributed by atoms with Gasteiger partial charge in [0, 0.05) is 12.5 Å². The maximum atomic E-state index is 13.1. The SMILES string of the molecule is CCCc1cccc(C(O)Cc2cc(F)cc(F)c2)c1. The lowest BCUT2D eigenvalue weighted by atomic mass is 9.98. The fourth-order valence-electron chi connectivity index (χ4n) is 2.31. The van der Waals surface area contributed by atoms with Gasteiger partial charge in [-0.3, -0.25) is 0 Å². The molecule has 20 heavy (non-hydrogen) atoms. The minimum Gasteiger partial charge on any atom is -0.388 e. The molecule has 0 spiro atoms. The van der Waals surface area contributed by atoms with Crippen molar-refractivity contribution >= 4 is 0 Å². The van der Waals surface area contributed by atoms with Crippen LogP contribution in [0.3, 0.4) is 0 Å². The molecule has 0 fully saturated rings. The van der Waals surface area contributed by atoms with Crippen LogP contribution in [0.5, 0.6) is 0 Å². The van der Waals surface area contributed by atoms with Gasteiger partial charge in [0.25, 0.3) is 0 Å². The lowest BCUT2D eigenvalue weighted by Crippen LogP contribution is -2.03. The molecule has 0 heterocycles. The number of hydrogen-bond donors (Lipinski definition) is 1. The largest absolute Gasteiger partial charge is 0.388 e. The predicted molar refractivity (Wildman–Crippen MR) is 75.5 cm³/mol. The Kier molecular flexibility index (Phi) is 4.85. The van der Waals surface area contributed by atoms with E-state index in [2.05, 4.69) is 6.92 Å². The molecule has 0 aliphatic rings. The van der Waals surface area contributed by atoms with Crippen LogP contribution in [0.2, 0.25) is 0 Å². The molecule has 0 aromatic heterocycles. The summed E-state index contributed by atoms with van der Waals surface area (Å²) in [4.78, 5) is 0. The van der Waals surface area contributed by atoms with Crippen LogP contribution in [0.15, 0.2) is 42.5 Å². The van der Waals surface area contributed by atoms with Crippen LogP contribution >= 0.6 is 0 Å². The van der Waals surface area contributed by atoms with Crippen molar-refractivity contribution in [1.29, 1.82) is 0 Å². The summed E-state index contributed by atoms with van der Waals surface area (Å²) in [5.74, 6) is -1.24. The molecule has 1 unspecified atom stereocenters. The summed E-state index contributed by atoms with van der Waals surface area (Å²) in [6.45, 7) is 2.10. The Labute approximate surface area is 117 Å². The van der Waals surface area contributed by atoms with E-state index in [1.165, 1.54) is 12.1 Å². The summed E-state index contributed by atoms with van der Waals surface area (Å²) in [6, 6.07) is 11.0. The van der Waals surface area contributed by atoms with Gasteiger partial charge in [-0.2, -0.15) is 0 Å². The molecule has 0 aliphatic carbocycles. The van der Waals surface area contributed by atoms with Gasteiger partial charge in [-0.15, -0.1) is 0 Å². The quantitative estimate of drug-likeness (QED) is 0.868. The lowest BCUT2D eigenvalue weighted by Gasteiger charge is -2.12. The summed E-state index contributed by atoms with van der Waals surface area (Å²) >= 11 is 0. The van der Waals surface area contributed by atoms with Gasteiger partial charge in [0.1, 0.15) is 11.6 Å². The van der Waals surface area contributed by atoms with E-state index >= 15 is 0 Å². The Morgan fingerprint density at radius 3 is 2.35 bits per heavy atom. The molecule has 106 valence electrons. The van der Waals surface area contributed by atoms with E-state index in [9.17, 15) is 13.9 Å². The van der Waals surface area contributed by atoms with Gasteiger partial charge in [-0.25, -0.2) is 8.78 Å². The van der Waals surface area contributed by atoms with Crippen LogP contribution in [0.1, 0.15) is 36.1 Å². The average molecular weight is 276 g/mol. The Balaban J connectivity index is 2.14. The van der Waals surface area contributed by atoms with Gasteiger partial charge in [0.05, 0.1) is 6.10 Å². The van der Waals surface area contributed by atoms with Gasteiger partial charge in [0.2, 0.25) is 0 Å². The zero-order chi connectivity index (χ0) is 14.5. The van der Waals surface area contributed by atoms with Gasteiger partial charge in [0.15, 0.2) is 0 Å². The molecular weight excluding hydrogens is 258 g/mol. The third-order valence-corrected chi connectivity index (χ3v) is 3.23. The first kappa shape index (κ1) is 14.7. The molecule has 3 heteroatoms. The van der Waals surface area contributed by atoms with E-state index in [4.69, 9.17) is 0 Å². The fraction of sp³-hybridized carbons (Fsp3) is 0.294. The Morgan fingerprint density at radius 1 is 1.00 bits per heavy atom. The monoisotopic (exact) mass is 276 g/mol. The highest BCUT2D eigenvalue weighted by Gasteiger charge is 2.11. The highest BCUT2D eigenvalue weighted by atomic mass is 19.1. The molecule has 0 aliphatic heterocycles. The molecular formula is C17H18F2O. The maximum Gasteiger partial charge on any atom is 0.126 e. The molecule has 0 saturated carbocycles. The van der Waals surface area contributed by atoms with Gasteiger partial charge in [-0.05, 0) is 35.2 Å². The second kappa shape index (κ2) is 6.62. The van der Waals surface area contributed by atoms with Crippen LogP contribution in [0, 0.1) is 11.6 Å². The third kappa shape index (κ3) is 3.87. The Bertz CT molecular complexity index is 561. The van der Waals surface area contributed by atoms with Crippen molar-refractivity contribution in [2.24, 2.45) is 0 Å². The first-order chi connectivity index (χ1) is 9.58. The molecule has 1 nitrogen and oxygen atoms in total. The second-order valence-corrected chi connectivity index (χ2v) is 4.99. The maximum absolute atomic E-state index is 13.1. The first-order valence-electron chi connectivity index (χ1n) is 6.80. The Morgan fingerprint density at radius 2 is 1.70 bits per heavy atom. The third-order valence-electron chi connectivity index (χ3n) is 3.23. The highest BCUT2D eigenvalue weighted by molar-refractivity contribution is 5.27. The van der Waals surface area contributed by atoms with E-state index in [1.807, 2.05) is 24.3 Å². The van der Waals surface area contributed by atoms with Crippen LogP contribution in [-0.2, 0) is 12.8 Å². The molecule has 0 amide bonds. The average Bonchev–Trinajstić information content (AvgIpc) is 2.38. The van der Waals surface area contributed by atoms with Gasteiger partial charge >= 0.3 is 0 Å². The zero-order valence-corrected chi connectivity index (χ0v) is 11.4. The van der Waals surface area contributed by atoms with E-state index in [-0.39, 0.29) is 6.42 Å². The predicted octanol–water partition coefficient (Wildman–Crippen LogP) is 4.19. The van der Waals surface area contributed by atoms with Crippen LogP contribution in [0.25, 0.3) is 0 Å². The van der Waals surface area contributed by atoms with E-state index < -0.39 is 17.7 Å². The second-order valence-electron chi connectivity index (χ2n) is 4.99. The van der Waals surface area contributed by atoms with E-state index in [0.29, 0.717) is 5.56 Å². The number of halogens is 2. The standard InChI is InChI=1S/C17H18F2O/c1-2-4-12-5-3-6-14(7-12)17(20)10-13-8-15(18)11-16(19)9-13/h3,5-9,11,17,20H,2,4,10H2,1H3. The summed E-state index contributed by atoms with van der Waals surface area (Å²) < 4.78 is 26.2. The number of aliphatic hydroxyl groups is 1. The van der Waals surface area contributed by atoms with Crippen molar-refractivity contribution in [3.05, 3.63) is 70.8 Å². The van der Waals surface area contributed by atoms with Crippen molar-refractivity contribution in [3.63, 3.8) is 0 Å². The minimum absolute atomic E-state index is 0.199. The molecule has 2 aromatic carbocycles. The number of aliphatic hydroxyl groups excluding tert-OH is 1. The highest BCUT2D eigenvalue weighted by Crippen LogP contribution is 2.21. The van der Waals surface area contributed by atoms with Crippen LogP contribution < -0.4 is 0 Å². The van der Waals surface area contributed by atoms with Crippen LogP contribution in [-0.4, -0.2) is 5.11 Å². The topological polar surface area (TPSA) is 20.2 Å². The molecule has 2 rings (SSSR count). The van der Waals surface area contributed by atoms with Crippen molar-refractivity contribution in [1.82, 2.24) is 0 Å². The van der Waals surface area contributed by atoms with Crippen molar-refractivity contribution in [2.75, 3.05) is 0 Å². The molecule has 2 aromatic rings. The van der Waals surface area contributed by atoms with Gasteiger partial charge in [-0.1, -0.05) is 37.6 Å². The summed E-state index contributed by atoms with van der Waals surface area (Å²) in [6.07, 6.45) is 1.43. The Hall–Kier alpha value is -1.74. The van der Waals surface area contributed by atoms with Crippen molar-refractivity contribution in [3.8, 4) is 0 Å². The lowest BCUT2D eigenvalue weighted by molar-refractivity contribution is 0.178. The number of hydrogen-bond acceptors (Lipinski definition) is 1. The van der Waals surface area contributed by atoms with Crippen molar-refractivity contribution in [2.45, 2.75) is 32.3 Å². The van der Waals surface area contributed by atoms with Gasteiger partial charge < -0.3 is 5.11 Å². The molecule has 1 atom stereocenters. The zero-order valence-electron chi connectivity index (χ0n) is 11.4. The number of aryl methyl sites for hydroxylation is 1. The summed E-state index contributed by atoms with van der Waals surface area (Å²) in [5, 5.41) is 10.2. The van der Waals surface area contributed by atoms with E-state index in [0.717, 1.165) is 30.0 Å². The minimum atomic E-state index is -0.756. The normalized spacial score (nSPS) is 12.4. The summed E-state index contributed by atoms with van der Waals surface area (Å²) in [7, 11) is 0. The van der Waals surface area contributed by atoms with Crippen molar-refractivity contribution < 1.29 is 13.9 Å². The molecule has 0 radical (unpaired) electrons. The number of rotatable bonds is 5. The van der Waals surface area contributed by atoms with E-state index in [1.54, 1.807) is 0 Å². The number of benzene rings is 2. The first-order valence-corrected chi connectivity index (χ1v) is 6.80. The fourth-order valence-corrected chi connectivity index (χ4v) is 2.31. The summed E-state index contributed by atoms with van der Waals surface area (Å²) in [5.41, 5.74) is 2.39. The van der Waals surface area contributed by atoms with Crippen LogP contribution in [0.4, 0.5) is 8.78 Å². The molecule has 0 bridgehead atoms. The molecule has 0 saturated heterocycles. The molecule has 1 N–H and O–H groups in total. The smallest absolute Gasteiger partial charge is 0.126 e.